The highest BCUT2D eigenvalue weighted by atomic mass is 16.5. The fourth-order valence-corrected chi connectivity index (χ4v) is 5.04. The molecular formula is C25H26N4O5. The largest absolute Gasteiger partial charge is 0.497 e. The molecule has 2 atom stereocenters. The van der Waals surface area contributed by atoms with Crippen molar-refractivity contribution in [2.75, 3.05) is 19.0 Å². The number of anilines is 1. The number of methoxy groups -OCH3 is 1. The van der Waals surface area contributed by atoms with E-state index in [0.29, 0.717) is 18.7 Å². The number of benzene rings is 2. The number of likely N-dealkylation sites (tertiary alicyclic amines) is 1. The summed E-state index contributed by atoms with van der Waals surface area (Å²) in [7, 11) is 1.62. The molecule has 9 nitrogen and oxygen atoms in total. The molecule has 5 rings (SSSR count). The van der Waals surface area contributed by atoms with Crippen molar-refractivity contribution in [2.24, 2.45) is 0 Å². The number of carbonyl (C=O) groups is 3. The molecule has 0 saturated carbocycles. The van der Waals surface area contributed by atoms with E-state index in [2.05, 4.69) is 15.3 Å². The number of rotatable bonds is 4. The van der Waals surface area contributed by atoms with Gasteiger partial charge in [0.05, 0.1) is 31.6 Å². The van der Waals surface area contributed by atoms with Crippen molar-refractivity contribution < 1.29 is 24.2 Å². The Morgan fingerprint density at radius 1 is 1.29 bits per heavy atom. The zero-order chi connectivity index (χ0) is 24.3. The Morgan fingerprint density at radius 3 is 2.76 bits per heavy atom. The Hall–Kier alpha value is -4.14. The Kier molecular flexibility index (Phi) is 6.36. The van der Waals surface area contributed by atoms with Crippen LogP contribution in [0.4, 0.5) is 5.69 Å². The summed E-state index contributed by atoms with van der Waals surface area (Å²) >= 11 is 0. The second-order valence-electron chi connectivity index (χ2n) is 8.24. The van der Waals surface area contributed by atoms with Gasteiger partial charge >= 0.3 is 0 Å². The molecule has 0 aliphatic carbocycles. The van der Waals surface area contributed by atoms with E-state index in [-0.39, 0.29) is 24.7 Å². The van der Waals surface area contributed by atoms with Crippen LogP contribution in [0.15, 0.2) is 54.9 Å². The minimum Gasteiger partial charge on any atom is -0.497 e. The Labute approximate surface area is 196 Å². The minimum atomic E-state index is -0.834. The minimum absolute atomic E-state index is 0.0444. The summed E-state index contributed by atoms with van der Waals surface area (Å²) in [5.74, 6) is 0.589. The molecule has 1 saturated heterocycles. The molecular weight excluding hydrogens is 436 g/mol. The number of nitrogens with one attached hydrogen (secondary N) is 2. The third-order valence-corrected chi connectivity index (χ3v) is 6.57. The first-order valence-corrected chi connectivity index (χ1v) is 10.9. The number of nitrogens with zero attached hydrogens (tertiary/aromatic N) is 2. The van der Waals surface area contributed by atoms with Gasteiger partial charge in [0.2, 0.25) is 11.8 Å². The number of aromatic nitrogens is 2. The maximum Gasteiger partial charge on any atom is 0.290 e. The average Bonchev–Trinajstić information content (AvgIpc) is 3.51. The molecule has 34 heavy (non-hydrogen) atoms. The lowest BCUT2D eigenvalue weighted by Gasteiger charge is -2.34. The van der Waals surface area contributed by atoms with Crippen LogP contribution in [-0.2, 0) is 26.2 Å². The summed E-state index contributed by atoms with van der Waals surface area (Å²) < 4.78 is 5.44. The fourth-order valence-electron chi connectivity index (χ4n) is 5.04. The molecule has 0 bridgehead atoms. The molecule has 3 aromatic rings. The topological polar surface area (TPSA) is 125 Å². The molecule has 2 unspecified atom stereocenters. The number of hydrogen-bond acceptors (Lipinski definition) is 5. The molecule has 2 aliphatic heterocycles. The summed E-state index contributed by atoms with van der Waals surface area (Å²) in [6, 6.07) is 15.0. The van der Waals surface area contributed by atoms with Crippen molar-refractivity contribution in [1.82, 2.24) is 14.9 Å². The molecule has 2 aromatic carbocycles. The first kappa shape index (κ1) is 23.0. The van der Waals surface area contributed by atoms with Gasteiger partial charge in [-0.05, 0) is 42.7 Å². The lowest BCUT2D eigenvalue weighted by atomic mass is 9.72. The van der Waals surface area contributed by atoms with Gasteiger partial charge in [-0.2, -0.15) is 0 Å². The van der Waals surface area contributed by atoms with Gasteiger partial charge in [0.15, 0.2) is 0 Å². The number of para-hydroxylation sites is 1. The highest BCUT2D eigenvalue weighted by Gasteiger charge is 2.59. The van der Waals surface area contributed by atoms with Gasteiger partial charge in [-0.3, -0.25) is 14.4 Å². The fraction of sp³-hybridized carbons (Fsp3) is 0.280. The van der Waals surface area contributed by atoms with Gasteiger partial charge in [0.1, 0.15) is 11.2 Å². The predicted molar refractivity (Wildman–Crippen MR) is 125 cm³/mol. The van der Waals surface area contributed by atoms with Crippen LogP contribution in [0.3, 0.4) is 0 Å². The van der Waals surface area contributed by atoms with E-state index in [1.54, 1.807) is 13.4 Å². The van der Waals surface area contributed by atoms with Crippen molar-refractivity contribution in [3.8, 4) is 5.75 Å². The second-order valence-corrected chi connectivity index (χ2v) is 8.24. The van der Waals surface area contributed by atoms with E-state index in [1.807, 2.05) is 60.4 Å². The average molecular weight is 463 g/mol. The van der Waals surface area contributed by atoms with Crippen LogP contribution >= 0.6 is 0 Å². The van der Waals surface area contributed by atoms with Crippen molar-refractivity contribution in [2.45, 2.75) is 31.2 Å². The second kappa shape index (κ2) is 9.38. The van der Waals surface area contributed by atoms with E-state index >= 15 is 0 Å². The van der Waals surface area contributed by atoms with E-state index in [0.717, 1.165) is 28.2 Å². The van der Waals surface area contributed by atoms with Crippen LogP contribution in [0, 0.1) is 6.92 Å². The molecule has 0 radical (unpaired) electrons. The third-order valence-electron chi connectivity index (χ3n) is 6.57. The monoisotopic (exact) mass is 462 g/mol. The summed E-state index contributed by atoms with van der Waals surface area (Å²) in [6.07, 6.45) is 2.35. The van der Waals surface area contributed by atoms with Crippen molar-refractivity contribution in [3.05, 3.63) is 77.4 Å². The zero-order valence-electron chi connectivity index (χ0n) is 18.9. The Balaban J connectivity index is 0.000000868. The van der Waals surface area contributed by atoms with Crippen LogP contribution in [0.25, 0.3) is 0 Å². The first-order valence-electron chi connectivity index (χ1n) is 10.9. The number of fused-ring (bicyclic) bond motifs is 2. The van der Waals surface area contributed by atoms with Gasteiger partial charge in [0.25, 0.3) is 6.47 Å². The molecule has 1 aromatic heterocycles. The number of aromatic amines is 1. The maximum absolute atomic E-state index is 13.5. The standard InChI is InChI=1S/C24H24N4O3.CH2O2/c1-15-20(26-14-25-15)13-21(29)28-11-10-24(18-8-3-4-9-19(18)27-23(24)30)22(28)16-6-5-7-17(12-16)31-2;2-1-3/h3-9,12,14,22H,10-11,13H2,1-2H3,(H,25,26)(H,27,30);1H,(H,2,3). The molecule has 2 amide bonds. The summed E-state index contributed by atoms with van der Waals surface area (Å²) in [6.45, 7) is 2.15. The molecule has 2 aliphatic rings. The van der Waals surface area contributed by atoms with Crippen LogP contribution in [0.1, 0.15) is 35.0 Å². The molecule has 9 heteroatoms. The van der Waals surface area contributed by atoms with Crippen LogP contribution in [0.5, 0.6) is 5.75 Å². The van der Waals surface area contributed by atoms with Crippen LogP contribution in [0.2, 0.25) is 0 Å². The number of H-pyrrole nitrogens is 1. The number of amides is 2. The van der Waals surface area contributed by atoms with Crippen LogP contribution < -0.4 is 10.1 Å². The highest BCUT2D eigenvalue weighted by Crippen LogP contribution is 2.55. The number of aryl methyl sites for hydroxylation is 1. The SMILES string of the molecule is COc1cccc(C2N(C(=O)Cc3nc[nH]c3C)CCC23C(=O)Nc2ccccc23)c1.O=CO. The number of hydrogen-bond donors (Lipinski definition) is 3. The van der Waals surface area contributed by atoms with Gasteiger partial charge in [-0.15, -0.1) is 0 Å². The normalized spacial score (nSPS) is 20.4. The number of ether oxygens (including phenoxy) is 1. The number of carboxylic acid groups (broad SMARTS) is 1. The number of imidazole rings is 1. The molecule has 1 fully saturated rings. The zero-order valence-corrected chi connectivity index (χ0v) is 18.9. The molecule has 3 heterocycles. The van der Waals surface area contributed by atoms with E-state index in [9.17, 15) is 9.59 Å². The van der Waals surface area contributed by atoms with Gasteiger partial charge in [0, 0.05) is 17.9 Å². The van der Waals surface area contributed by atoms with Gasteiger partial charge in [-0.25, -0.2) is 4.98 Å². The van der Waals surface area contributed by atoms with Gasteiger partial charge < -0.3 is 25.0 Å². The van der Waals surface area contributed by atoms with E-state index in [1.165, 1.54) is 0 Å². The number of carbonyl (C=O) groups excluding carboxylic acids is 2. The summed E-state index contributed by atoms with van der Waals surface area (Å²) in [5, 5.41) is 9.94. The third kappa shape index (κ3) is 3.79. The maximum atomic E-state index is 13.5. The smallest absolute Gasteiger partial charge is 0.290 e. The van der Waals surface area contributed by atoms with E-state index in [4.69, 9.17) is 14.6 Å². The van der Waals surface area contributed by atoms with E-state index < -0.39 is 11.5 Å². The highest BCUT2D eigenvalue weighted by molar-refractivity contribution is 6.07. The molecule has 1 spiro atoms. The van der Waals surface area contributed by atoms with Crippen molar-refractivity contribution in [3.63, 3.8) is 0 Å². The molecule has 176 valence electrons. The predicted octanol–water partition coefficient (Wildman–Crippen LogP) is 2.83. The van der Waals surface area contributed by atoms with Crippen molar-refractivity contribution in [1.29, 1.82) is 0 Å². The van der Waals surface area contributed by atoms with Gasteiger partial charge in [-0.1, -0.05) is 30.3 Å². The molecule has 3 N–H and O–H groups in total. The summed E-state index contributed by atoms with van der Waals surface area (Å²) in [4.78, 5) is 44.4. The lowest BCUT2D eigenvalue weighted by Crippen LogP contribution is -2.43. The quantitative estimate of drug-likeness (QED) is 0.512. The first-order chi connectivity index (χ1) is 16.5. The van der Waals surface area contributed by atoms with Crippen LogP contribution in [-0.4, -0.2) is 51.9 Å². The Bertz CT molecular complexity index is 1220. The lowest BCUT2D eigenvalue weighted by molar-refractivity contribution is -0.133. The Morgan fingerprint density at radius 2 is 2.06 bits per heavy atom. The summed E-state index contributed by atoms with van der Waals surface area (Å²) in [5.41, 5.74) is 3.42. The van der Waals surface area contributed by atoms with Crippen molar-refractivity contribution >= 4 is 24.0 Å².